The summed E-state index contributed by atoms with van der Waals surface area (Å²) in [7, 11) is -3.65. The van der Waals surface area contributed by atoms with E-state index in [-0.39, 0.29) is 23.3 Å². The molecule has 0 bridgehead atoms. The van der Waals surface area contributed by atoms with E-state index in [0.717, 1.165) is 19.5 Å². The van der Waals surface area contributed by atoms with Gasteiger partial charge in [-0.2, -0.15) is 4.31 Å². The lowest BCUT2D eigenvalue weighted by Gasteiger charge is -2.33. The van der Waals surface area contributed by atoms with Crippen LogP contribution in [0.25, 0.3) is 0 Å². The Balaban J connectivity index is 1.60. The molecule has 1 heterocycles. The molecule has 7 nitrogen and oxygen atoms in total. The van der Waals surface area contributed by atoms with E-state index < -0.39 is 16.0 Å². The molecule has 0 unspecified atom stereocenters. The molecule has 2 fully saturated rings. The van der Waals surface area contributed by atoms with Gasteiger partial charge in [0.25, 0.3) is 0 Å². The van der Waals surface area contributed by atoms with E-state index in [4.69, 9.17) is 4.74 Å². The van der Waals surface area contributed by atoms with Crippen LogP contribution in [0.5, 0.6) is 0 Å². The fourth-order valence-electron chi connectivity index (χ4n) is 3.90. The molecule has 1 aliphatic heterocycles. The Morgan fingerprint density at radius 1 is 1.07 bits per heavy atom. The average molecular weight is 437 g/mol. The Morgan fingerprint density at radius 3 is 2.23 bits per heavy atom. The van der Waals surface area contributed by atoms with Crippen molar-refractivity contribution >= 4 is 21.9 Å². The highest BCUT2D eigenvalue weighted by Gasteiger charge is 2.35. The predicted octanol–water partition coefficient (Wildman–Crippen LogP) is 2.91. The summed E-state index contributed by atoms with van der Waals surface area (Å²) in [6.07, 6.45) is 4.44. The second-order valence-electron chi connectivity index (χ2n) is 8.15. The summed E-state index contributed by atoms with van der Waals surface area (Å²) in [5, 5.41) is 0. The maximum Gasteiger partial charge on any atom is 0.338 e. The zero-order valence-corrected chi connectivity index (χ0v) is 18.7. The van der Waals surface area contributed by atoms with Gasteiger partial charge in [0.15, 0.2) is 0 Å². The lowest BCUT2D eigenvalue weighted by atomic mass is 9.96. The number of piperidine rings is 1. The van der Waals surface area contributed by atoms with Crippen molar-refractivity contribution in [2.45, 2.75) is 50.8 Å². The van der Waals surface area contributed by atoms with Crippen LogP contribution in [0, 0.1) is 11.8 Å². The lowest BCUT2D eigenvalue weighted by molar-refractivity contribution is -0.137. The maximum absolute atomic E-state index is 13.0. The number of sulfonamides is 1. The Kier molecular flexibility index (Phi) is 7.52. The molecule has 1 aliphatic carbocycles. The minimum atomic E-state index is -3.65. The fourth-order valence-corrected chi connectivity index (χ4v) is 5.37. The second-order valence-corrected chi connectivity index (χ2v) is 10.1. The smallest absolute Gasteiger partial charge is 0.338 e. The minimum Gasteiger partial charge on any atom is -0.462 e. The topological polar surface area (TPSA) is 84.0 Å². The third-order valence-electron chi connectivity index (χ3n) is 5.79. The summed E-state index contributed by atoms with van der Waals surface area (Å²) in [5.74, 6) is 0.259. The molecular weight excluding hydrogens is 404 g/mol. The van der Waals surface area contributed by atoms with Crippen LogP contribution >= 0.6 is 0 Å². The van der Waals surface area contributed by atoms with E-state index in [1.54, 1.807) is 6.92 Å². The number of carbonyl (C=O) groups is 2. The molecule has 30 heavy (non-hydrogen) atoms. The molecule has 1 amide bonds. The van der Waals surface area contributed by atoms with Gasteiger partial charge in [-0.15, -0.1) is 0 Å². The van der Waals surface area contributed by atoms with Crippen molar-refractivity contribution in [2.24, 2.45) is 11.8 Å². The van der Waals surface area contributed by atoms with Crippen molar-refractivity contribution in [1.82, 2.24) is 9.21 Å². The van der Waals surface area contributed by atoms with Gasteiger partial charge in [0.05, 0.1) is 17.1 Å². The predicted molar refractivity (Wildman–Crippen MR) is 113 cm³/mol. The van der Waals surface area contributed by atoms with Crippen LogP contribution in [-0.2, 0) is 19.6 Å². The van der Waals surface area contributed by atoms with Gasteiger partial charge in [-0.05, 0) is 69.2 Å². The van der Waals surface area contributed by atoms with Crippen LogP contribution in [0.15, 0.2) is 29.2 Å². The number of hydrogen-bond acceptors (Lipinski definition) is 5. The van der Waals surface area contributed by atoms with Crippen molar-refractivity contribution in [3.8, 4) is 0 Å². The molecule has 0 atom stereocenters. The molecular formula is C22H32N2O5S. The highest BCUT2D eigenvalue weighted by molar-refractivity contribution is 7.89. The van der Waals surface area contributed by atoms with Crippen molar-refractivity contribution in [1.29, 1.82) is 0 Å². The molecule has 8 heteroatoms. The Hall–Kier alpha value is -1.93. The van der Waals surface area contributed by atoms with Gasteiger partial charge < -0.3 is 9.64 Å². The number of nitrogens with zero attached hydrogens (tertiary/aromatic N) is 2. The number of esters is 1. The van der Waals surface area contributed by atoms with Crippen molar-refractivity contribution in [2.75, 3.05) is 32.8 Å². The highest BCUT2D eigenvalue weighted by atomic mass is 32.2. The van der Waals surface area contributed by atoms with Crippen molar-refractivity contribution in [3.05, 3.63) is 29.8 Å². The van der Waals surface area contributed by atoms with Gasteiger partial charge in [0.2, 0.25) is 15.9 Å². The van der Waals surface area contributed by atoms with Crippen LogP contribution in [0.2, 0.25) is 0 Å². The summed E-state index contributed by atoms with van der Waals surface area (Å²) in [5.41, 5.74) is 0.326. The normalized spacial score (nSPS) is 18.2. The van der Waals surface area contributed by atoms with E-state index in [0.29, 0.717) is 37.4 Å². The number of hydrogen-bond donors (Lipinski definition) is 0. The molecule has 0 radical (unpaired) electrons. The van der Waals surface area contributed by atoms with Gasteiger partial charge in [0, 0.05) is 32.1 Å². The molecule has 1 saturated carbocycles. The maximum atomic E-state index is 13.0. The molecule has 0 N–H and O–H groups in total. The quantitative estimate of drug-likeness (QED) is 0.556. The molecule has 1 aromatic carbocycles. The van der Waals surface area contributed by atoms with E-state index in [1.807, 2.05) is 4.90 Å². The van der Waals surface area contributed by atoms with Crippen molar-refractivity contribution < 1.29 is 22.7 Å². The van der Waals surface area contributed by atoms with Crippen LogP contribution in [0.4, 0.5) is 0 Å². The summed E-state index contributed by atoms with van der Waals surface area (Å²) in [6, 6.07) is 5.83. The molecule has 166 valence electrons. The van der Waals surface area contributed by atoms with Crippen molar-refractivity contribution in [3.63, 3.8) is 0 Å². The number of amides is 1. The Bertz CT molecular complexity index is 841. The Labute approximate surface area is 179 Å². The third kappa shape index (κ3) is 5.40. The first-order chi connectivity index (χ1) is 14.4. The van der Waals surface area contributed by atoms with E-state index in [9.17, 15) is 18.0 Å². The van der Waals surface area contributed by atoms with Crippen LogP contribution < -0.4 is 0 Å². The standard InChI is InChI=1S/C22H32N2O5S/c1-3-13-23(16-17-5-6-17)21(25)18-11-14-24(15-12-18)30(27,28)20-9-7-19(8-10-20)22(26)29-4-2/h7-10,17-18H,3-6,11-16H2,1-2H3. The monoisotopic (exact) mass is 436 g/mol. The average Bonchev–Trinajstić information content (AvgIpc) is 3.57. The van der Waals surface area contributed by atoms with Gasteiger partial charge >= 0.3 is 5.97 Å². The van der Waals surface area contributed by atoms with Gasteiger partial charge in [0.1, 0.15) is 0 Å². The van der Waals surface area contributed by atoms with E-state index in [1.165, 1.54) is 41.4 Å². The number of rotatable bonds is 9. The number of carbonyl (C=O) groups excluding carboxylic acids is 2. The van der Waals surface area contributed by atoms with E-state index >= 15 is 0 Å². The molecule has 3 rings (SSSR count). The lowest BCUT2D eigenvalue weighted by Crippen LogP contribution is -2.45. The van der Waals surface area contributed by atoms with Crippen LogP contribution in [0.1, 0.15) is 56.3 Å². The SMILES string of the molecule is CCCN(CC1CC1)C(=O)C1CCN(S(=O)(=O)c2ccc(C(=O)OCC)cc2)CC1. The second kappa shape index (κ2) is 9.92. The zero-order valence-electron chi connectivity index (χ0n) is 17.9. The van der Waals surface area contributed by atoms with Gasteiger partial charge in [-0.3, -0.25) is 4.79 Å². The molecule has 0 aromatic heterocycles. The first kappa shape index (κ1) is 22.7. The van der Waals surface area contributed by atoms with Gasteiger partial charge in [-0.1, -0.05) is 6.92 Å². The zero-order chi connectivity index (χ0) is 21.7. The highest BCUT2D eigenvalue weighted by Crippen LogP contribution is 2.31. The summed E-state index contributed by atoms with van der Waals surface area (Å²) in [6.45, 7) is 6.36. The fraction of sp³-hybridized carbons (Fsp3) is 0.636. The first-order valence-electron chi connectivity index (χ1n) is 10.9. The first-order valence-corrected chi connectivity index (χ1v) is 12.4. The molecule has 0 spiro atoms. The molecule has 2 aliphatic rings. The summed E-state index contributed by atoms with van der Waals surface area (Å²) in [4.78, 5) is 26.8. The van der Waals surface area contributed by atoms with Crippen LogP contribution in [-0.4, -0.2) is 62.3 Å². The van der Waals surface area contributed by atoms with Crippen LogP contribution in [0.3, 0.4) is 0 Å². The molecule has 1 saturated heterocycles. The largest absolute Gasteiger partial charge is 0.462 e. The third-order valence-corrected chi connectivity index (χ3v) is 7.70. The number of benzene rings is 1. The summed E-state index contributed by atoms with van der Waals surface area (Å²) < 4.78 is 32.3. The minimum absolute atomic E-state index is 0.104. The van der Waals surface area contributed by atoms with E-state index in [2.05, 4.69) is 6.92 Å². The summed E-state index contributed by atoms with van der Waals surface area (Å²) >= 11 is 0. The molecule has 1 aromatic rings. The Morgan fingerprint density at radius 2 is 1.70 bits per heavy atom. The number of ether oxygens (including phenoxy) is 1. The van der Waals surface area contributed by atoms with Gasteiger partial charge in [-0.25, -0.2) is 13.2 Å².